The Morgan fingerprint density at radius 1 is 1.28 bits per heavy atom. The fraction of sp³-hybridized carbons (Fsp3) is 0.100. The topological polar surface area (TPSA) is 43.6 Å². The van der Waals surface area contributed by atoms with E-state index in [0.717, 1.165) is 0 Å². The Kier molecular flexibility index (Phi) is 2.69. The van der Waals surface area contributed by atoms with Crippen molar-refractivity contribution >= 4 is 60.9 Å². The summed E-state index contributed by atoms with van der Waals surface area (Å²) < 4.78 is 16.0. The van der Waals surface area contributed by atoms with Gasteiger partial charge in [0.25, 0.3) is 0 Å². The first-order valence-corrected chi connectivity index (χ1v) is 6.37. The van der Waals surface area contributed by atoms with Gasteiger partial charge in [-0.1, -0.05) is 11.6 Å². The number of rotatable bonds is 0. The zero-order valence-corrected chi connectivity index (χ0v) is 12.0. The molecule has 4 nitrogen and oxygen atoms in total. The molecule has 0 saturated carbocycles. The molecule has 92 valence electrons. The highest BCUT2D eigenvalue weighted by Gasteiger charge is 2.19. The van der Waals surface area contributed by atoms with E-state index >= 15 is 0 Å². The van der Waals surface area contributed by atoms with E-state index in [1.165, 1.54) is 0 Å². The number of nitrogens with zero attached hydrogens (tertiary/aromatic N) is 4. The van der Waals surface area contributed by atoms with E-state index in [0.29, 0.717) is 16.3 Å². The molecule has 0 fully saturated rings. The van der Waals surface area contributed by atoms with Crippen LogP contribution in [0.25, 0.3) is 21.8 Å². The molecule has 3 rings (SSSR count). The largest absolute Gasteiger partial charge is 0.275 e. The van der Waals surface area contributed by atoms with E-state index in [1.54, 1.807) is 17.9 Å². The smallest absolute Gasteiger partial charge is 0.224 e. The summed E-state index contributed by atoms with van der Waals surface area (Å²) in [4.78, 5) is 7.72. The zero-order valence-electron chi connectivity index (χ0n) is 8.88. The minimum absolute atomic E-state index is 0.0763. The summed E-state index contributed by atoms with van der Waals surface area (Å²) in [5.74, 6) is -0.553. The second kappa shape index (κ2) is 4.01. The van der Waals surface area contributed by atoms with Gasteiger partial charge in [0.1, 0.15) is 16.2 Å². The van der Waals surface area contributed by atoms with Gasteiger partial charge in [-0.3, -0.25) is 4.68 Å². The lowest BCUT2D eigenvalue weighted by atomic mass is 10.1. The highest BCUT2D eigenvalue weighted by Crippen LogP contribution is 2.36. The van der Waals surface area contributed by atoms with Gasteiger partial charge < -0.3 is 0 Å². The lowest BCUT2D eigenvalue weighted by Gasteiger charge is -2.04. The second-order valence-electron chi connectivity index (χ2n) is 3.70. The molecule has 0 radical (unpaired) electrons. The van der Waals surface area contributed by atoms with Crippen LogP contribution in [0.1, 0.15) is 0 Å². The lowest BCUT2D eigenvalue weighted by Crippen LogP contribution is -1.93. The molecule has 0 aliphatic heterocycles. The predicted molar refractivity (Wildman–Crippen MR) is 71.5 cm³/mol. The minimum atomic E-state index is -0.553. The van der Waals surface area contributed by atoms with E-state index in [-0.39, 0.29) is 20.4 Å². The molecule has 0 aliphatic carbocycles. The first-order valence-electron chi connectivity index (χ1n) is 4.82. The highest BCUT2D eigenvalue weighted by molar-refractivity contribution is 9.10. The van der Waals surface area contributed by atoms with E-state index < -0.39 is 5.82 Å². The molecule has 2 aromatic heterocycles. The summed E-state index contributed by atoms with van der Waals surface area (Å²) in [6.07, 6.45) is 1.73. The Morgan fingerprint density at radius 2 is 2.00 bits per heavy atom. The van der Waals surface area contributed by atoms with Gasteiger partial charge in [-0.25, -0.2) is 14.4 Å². The zero-order chi connectivity index (χ0) is 13.0. The van der Waals surface area contributed by atoms with Crippen LogP contribution in [0.2, 0.25) is 10.4 Å². The first kappa shape index (κ1) is 12.1. The van der Waals surface area contributed by atoms with Gasteiger partial charge >= 0.3 is 0 Å². The Bertz CT molecular complexity index is 802. The molecule has 0 N–H and O–H groups in total. The maximum Gasteiger partial charge on any atom is 0.224 e. The SMILES string of the molecule is Cn1cc2c(n1)c(Br)c(F)c1nc(Cl)nc(Cl)c12. The van der Waals surface area contributed by atoms with Gasteiger partial charge in [0.05, 0.1) is 9.86 Å². The molecule has 0 spiro atoms. The van der Waals surface area contributed by atoms with Crippen LogP contribution < -0.4 is 0 Å². The van der Waals surface area contributed by atoms with Crippen molar-refractivity contribution in [3.8, 4) is 0 Å². The molecule has 0 amide bonds. The van der Waals surface area contributed by atoms with Crippen molar-refractivity contribution in [3.63, 3.8) is 0 Å². The van der Waals surface area contributed by atoms with E-state index in [2.05, 4.69) is 31.0 Å². The van der Waals surface area contributed by atoms with Crippen molar-refractivity contribution in [1.29, 1.82) is 0 Å². The average molecular weight is 350 g/mol. The molecular weight excluding hydrogens is 346 g/mol. The molecule has 0 aliphatic rings. The van der Waals surface area contributed by atoms with Gasteiger partial charge in [-0.2, -0.15) is 5.10 Å². The summed E-state index contributed by atoms with van der Waals surface area (Å²) in [6, 6.07) is 0. The van der Waals surface area contributed by atoms with E-state index in [4.69, 9.17) is 23.2 Å². The van der Waals surface area contributed by atoms with Gasteiger partial charge in [-0.15, -0.1) is 0 Å². The molecule has 8 heteroatoms. The second-order valence-corrected chi connectivity index (χ2v) is 5.19. The quantitative estimate of drug-likeness (QED) is 0.459. The van der Waals surface area contributed by atoms with Gasteiger partial charge in [-0.05, 0) is 27.5 Å². The van der Waals surface area contributed by atoms with Crippen LogP contribution in [0, 0.1) is 5.82 Å². The lowest BCUT2D eigenvalue weighted by molar-refractivity contribution is 0.631. The third kappa shape index (κ3) is 1.60. The summed E-state index contributed by atoms with van der Waals surface area (Å²) >= 11 is 14.9. The molecule has 0 atom stereocenters. The Morgan fingerprint density at radius 3 is 2.72 bits per heavy atom. The van der Waals surface area contributed by atoms with Crippen LogP contribution in [0.4, 0.5) is 4.39 Å². The van der Waals surface area contributed by atoms with Crippen LogP contribution in [-0.4, -0.2) is 19.7 Å². The van der Waals surface area contributed by atoms with E-state index in [1.807, 2.05) is 0 Å². The normalized spacial score (nSPS) is 11.6. The third-order valence-corrected chi connectivity index (χ3v) is 3.71. The summed E-state index contributed by atoms with van der Waals surface area (Å²) in [5, 5.41) is 5.26. The molecule has 2 heterocycles. The number of benzene rings is 1. The summed E-state index contributed by atoms with van der Waals surface area (Å²) in [6.45, 7) is 0. The number of aromatic nitrogens is 4. The maximum absolute atomic E-state index is 14.2. The summed E-state index contributed by atoms with van der Waals surface area (Å²) in [7, 11) is 1.74. The molecular formula is C10H4BrCl2FN4. The van der Waals surface area contributed by atoms with Crippen molar-refractivity contribution in [3.05, 3.63) is 26.9 Å². The fourth-order valence-electron chi connectivity index (χ4n) is 1.85. The monoisotopic (exact) mass is 348 g/mol. The van der Waals surface area contributed by atoms with Crippen molar-refractivity contribution in [1.82, 2.24) is 19.7 Å². The van der Waals surface area contributed by atoms with Crippen LogP contribution in [0.3, 0.4) is 0 Å². The minimum Gasteiger partial charge on any atom is -0.275 e. The predicted octanol–water partition coefficient (Wildman–Crippen LogP) is 3.72. The van der Waals surface area contributed by atoms with Gasteiger partial charge in [0.2, 0.25) is 5.28 Å². The number of halogens is 4. The standard InChI is InChI=1S/C10H4BrCl2FN4/c1-18-2-3-4-8(15-10(13)16-9(4)12)6(14)5(11)7(3)17-18/h2H,1H3. The highest BCUT2D eigenvalue weighted by atomic mass is 79.9. The molecule has 0 unspecified atom stereocenters. The Balaban J connectivity index is 2.68. The van der Waals surface area contributed by atoms with Gasteiger partial charge in [0.15, 0.2) is 5.82 Å². The third-order valence-electron chi connectivity index (χ3n) is 2.54. The van der Waals surface area contributed by atoms with Crippen LogP contribution >= 0.6 is 39.1 Å². The van der Waals surface area contributed by atoms with Crippen LogP contribution in [0.15, 0.2) is 10.7 Å². The summed E-state index contributed by atoms with van der Waals surface area (Å²) in [5.41, 5.74) is 0.544. The Hall–Kier alpha value is -0.980. The maximum atomic E-state index is 14.2. The molecule has 3 aromatic rings. The van der Waals surface area contributed by atoms with Crippen molar-refractivity contribution in [2.75, 3.05) is 0 Å². The van der Waals surface area contributed by atoms with Crippen molar-refractivity contribution in [2.24, 2.45) is 7.05 Å². The Labute approximate surface area is 119 Å². The first-order chi connectivity index (χ1) is 8.49. The average Bonchev–Trinajstić information content (AvgIpc) is 2.67. The fourth-order valence-corrected chi connectivity index (χ4v) is 2.81. The van der Waals surface area contributed by atoms with Crippen molar-refractivity contribution < 1.29 is 4.39 Å². The molecule has 18 heavy (non-hydrogen) atoms. The number of aryl methyl sites for hydroxylation is 1. The number of hydrogen-bond acceptors (Lipinski definition) is 3. The molecule has 0 saturated heterocycles. The number of hydrogen-bond donors (Lipinski definition) is 0. The van der Waals surface area contributed by atoms with Gasteiger partial charge in [0, 0.05) is 18.6 Å². The van der Waals surface area contributed by atoms with E-state index in [9.17, 15) is 4.39 Å². The van der Waals surface area contributed by atoms with Crippen LogP contribution in [0.5, 0.6) is 0 Å². The molecule has 1 aromatic carbocycles. The van der Waals surface area contributed by atoms with Crippen molar-refractivity contribution in [2.45, 2.75) is 0 Å². The molecule has 0 bridgehead atoms. The van der Waals surface area contributed by atoms with Crippen LogP contribution in [-0.2, 0) is 7.05 Å². The number of fused-ring (bicyclic) bond motifs is 3.